The Morgan fingerprint density at radius 1 is 0.810 bits per heavy atom. The van der Waals surface area contributed by atoms with Gasteiger partial charge in [-0.3, -0.25) is 0 Å². The van der Waals surface area contributed by atoms with Crippen molar-refractivity contribution in [3.63, 3.8) is 0 Å². The quantitative estimate of drug-likeness (QED) is 0.268. The van der Waals surface area contributed by atoms with E-state index in [1.54, 1.807) is 0 Å². The van der Waals surface area contributed by atoms with Crippen molar-refractivity contribution < 1.29 is 50.0 Å². The summed E-state index contributed by atoms with van der Waals surface area (Å²) in [6.07, 6.45) is -13.1. The van der Waals surface area contributed by atoms with Crippen molar-refractivity contribution in [2.24, 2.45) is 0 Å². The fourth-order valence-electron chi connectivity index (χ4n) is 2.18. The Bertz CT molecular complexity index is 341. The van der Waals surface area contributed by atoms with Crippen molar-refractivity contribution in [3.05, 3.63) is 0 Å². The van der Waals surface area contributed by atoms with E-state index in [1.165, 1.54) is 0 Å². The highest BCUT2D eigenvalue weighted by atomic mass is 16.7. The summed E-state index contributed by atoms with van der Waals surface area (Å²) in [6.45, 7) is -0.631. The highest BCUT2D eigenvalue weighted by Crippen LogP contribution is 2.22. The molecule has 0 amide bonds. The molecule has 21 heavy (non-hydrogen) atoms. The average molecular weight is 312 g/mol. The van der Waals surface area contributed by atoms with Gasteiger partial charge in [0.1, 0.15) is 42.7 Å². The van der Waals surface area contributed by atoms with Gasteiger partial charge >= 0.3 is 0 Å². The maximum Gasteiger partial charge on any atom is 0.186 e. The van der Waals surface area contributed by atoms with Crippen LogP contribution in [0.3, 0.4) is 0 Å². The third kappa shape index (κ3) is 3.51. The first-order valence-corrected chi connectivity index (χ1v) is 6.48. The molecule has 10 heteroatoms. The van der Waals surface area contributed by atoms with E-state index < -0.39 is 55.3 Å². The maximum absolute atomic E-state index is 9.70. The lowest BCUT2D eigenvalue weighted by atomic mass is 9.99. The molecule has 2 saturated heterocycles. The number of ether oxygens (including phenoxy) is 3. The predicted octanol–water partition coefficient (Wildman–Crippen LogP) is -4.76. The molecule has 2 aliphatic heterocycles. The predicted molar refractivity (Wildman–Crippen MR) is 62.6 cm³/mol. The second-order valence-electron chi connectivity index (χ2n) is 5.12. The molecule has 124 valence electrons. The van der Waals surface area contributed by atoms with Gasteiger partial charge in [-0.1, -0.05) is 0 Å². The molecule has 2 rings (SSSR count). The molecule has 0 radical (unpaired) electrons. The first-order chi connectivity index (χ1) is 9.82. The molecule has 2 aliphatic rings. The summed E-state index contributed by atoms with van der Waals surface area (Å²) in [4.78, 5) is 0. The minimum Gasteiger partial charge on any atom is -0.388 e. The molecule has 9 atom stereocenters. The first kappa shape index (κ1) is 17.0. The lowest BCUT2D eigenvalue weighted by Gasteiger charge is -2.40. The third-order valence-corrected chi connectivity index (χ3v) is 3.57. The Morgan fingerprint density at radius 3 is 2.14 bits per heavy atom. The van der Waals surface area contributed by atoms with Crippen LogP contribution in [0.15, 0.2) is 0 Å². The molecular weight excluding hydrogens is 292 g/mol. The van der Waals surface area contributed by atoms with E-state index in [-0.39, 0.29) is 13.2 Å². The zero-order valence-electron chi connectivity index (χ0n) is 11.0. The van der Waals surface area contributed by atoms with Crippen LogP contribution >= 0.6 is 0 Å². The minimum atomic E-state index is -1.69. The molecule has 0 saturated carbocycles. The Kier molecular flexibility index (Phi) is 5.48. The third-order valence-electron chi connectivity index (χ3n) is 3.57. The maximum atomic E-state index is 9.70. The van der Waals surface area contributed by atoms with Gasteiger partial charge in [-0.05, 0) is 0 Å². The fraction of sp³-hybridized carbons (Fsp3) is 1.00. The van der Waals surface area contributed by atoms with Gasteiger partial charge in [0, 0.05) is 0 Å². The van der Waals surface area contributed by atoms with Gasteiger partial charge in [0.05, 0.1) is 13.2 Å². The van der Waals surface area contributed by atoms with E-state index in [1.807, 2.05) is 0 Å². The van der Waals surface area contributed by atoms with Crippen LogP contribution in [0.4, 0.5) is 0 Å². The summed E-state index contributed by atoms with van der Waals surface area (Å²) in [5.74, 6) is 0. The largest absolute Gasteiger partial charge is 0.388 e. The van der Waals surface area contributed by atoms with E-state index in [2.05, 4.69) is 0 Å². The molecule has 0 aromatic rings. The Balaban J connectivity index is 1.88. The molecule has 7 N–H and O–H groups in total. The minimum absolute atomic E-state index is 0.249. The zero-order chi connectivity index (χ0) is 15.7. The Morgan fingerprint density at radius 2 is 1.48 bits per heavy atom. The smallest absolute Gasteiger partial charge is 0.186 e. The monoisotopic (exact) mass is 312 g/mol. The van der Waals surface area contributed by atoms with Crippen molar-refractivity contribution in [2.75, 3.05) is 13.2 Å². The molecule has 0 aromatic carbocycles. The molecule has 1 unspecified atom stereocenters. The van der Waals surface area contributed by atoms with E-state index in [9.17, 15) is 35.7 Å². The van der Waals surface area contributed by atoms with Crippen LogP contribution < -0.4 is 0 Å². The Hall–Kier alpha value is -0.400. The van der Waals surface area contributed by atoms with Crippen molar-refractivity contribution in [1.82, 2.24) is 0 Å². The van der Waals surface area contributed by atoms with Crippen LogP contribution in [-0.2, 0) is 14.2 Å². The van der Waals surface area contributed by atoms with Crippen LogP contribution in [-0.4, -0.2) is 104 Å². The second kappa shape index (κ2) is 6.79. The number of hydrogen-bond acceptors (Lipinski definition) is 10. The Labute approximate surface area is 119 Å². The molecule has 10 nitrogen and oxygen atoms in total. The summed E-state index contributed by atoms with van der Waals surface area (Å²) in [5.41, 5.74) is 0. The van der Waals surface area contributed by atoms with E-state index >= 15 is 0 Å². The molecule has 2 heterocycles. The second-order valence-corrected chi connectivity index (χ2v) is 5.12. The van der Waals surface area contributed by atoms with Crippen molar-refractivity contribution in [2.45, 2.75) is 55.3 Å². The summed E-state index contributed by atoms with van der Waals surface area (Å²) in [7, 11) is 0. The topological polar surface area (TPSA) is 169 Å². The van der Waals surface area contributed by atoms with Crippen LogP contribution in [0.5, 0.6) is 0 Å². The van der Waals surface area contributed by atoms with E-state index in [0.717, 1.165) is 0 Å². The van der Waals surface area contributed by atoms with Gasteiger partial charge in [0.2, 0.25) is 0 Å². The van der Waals surface area contributed by atoms with Gasteiger partial charge in [-0.15, -0.1) is 0 Å². The average Bonchev–Trinajstić information content (AvgIpc) is 2.46. The molecule has 0 aliphatic carbocycles. The van der Waals surface area contributed by atoms with Gasteiger partial charge in [-0.25, -0.2) is 0 Å². The van der Waals surface area contributed by atoms with Crippen LogP contribution in [0.25, 0.3) is 0 Å². The number of rotatable bonds is 3. The summed E-state index contributed by atoms with van der Waals surface area (Å²) in [5, 5.41) is 66.2. The van der Waals surface area contributed by atoms with Crippen molar-refractivity contribution >= 4 is 0 Å². The standard InChI is InChI=1S/C11H20O10/c12-3-1-19-11(9(17)5(3)13)20-2-4-6(14)7(15)8(16)10(18)21-4/h3-18H,1-2H2/t3-,4-,5+,6-,7+,8-,9-,10-,11?/m1/s1. The lowest BCUT2D eigenvalue weighted by Crippen LogP contribution is -2.59. The first-order valence-electron chi connectivity index (χ1n) is 6.48. The molecule has 0 bridgehead atoms. The van der Waals surface area contributed by atoms with Crippen molar-refractivity contribution in [3.8, 4) is 0 Å². The summed E-state index contributed by atoms with van der Waals surface area (Å²) >= 11 is 0. The summed E-state index contributed by atoms with van der Waals surface area (Å²) < 4.78 is 15.0. The molecule has 0 aromatic heterocycles. The van der Waals surface area contributed by atoms with E-state index in [4.69, 9.17) is 14.2 Å². The van der Waals surface area contributed by atoms with Crippen molar-refractivity contribution in [1.29, 1.82) is 0 Å². The SMILES string of the molecule is O[C@@H]1[C@@H](O)[C@H](O)O[C@H](COC2OC[C@@H](O)[C@H](O)[C@H]2O)[C@H]1O. The van der Waals surface area contributed by atoms with E-state index in [0.29, 0.717) is 0 Å². The van der Waals surface area contributed by atoms with Gasteiger partial charge in [-0.2, -0.15) is 0 Å². The molecular formula is C11H20O10. The molecule has 2 fully saturated rings. The summed E-state index contributed by atoms with van der Waals surface area (Å²) in [6, 6.07) is 0. The van der Waals surface area contributed by atoms with Crippen LogP contribution in [0, 0.1) is 0 Å². The van der Waals surface area contributed by atoms with Gasteiger partial charge in [0.15, 0.2) is 12.6 Å². The number of hydrogen-bond donors (Lipinski definition) is 7. The highest BCUT2D eigenvalue weighted by Gasteiger charge is 2.44. The zero-order valence-corrected chi connectivity index (χ0v) is 11.0. The number of aliphatic hydroxyl groups is 7. The highest BCUT2D eigenvalue weighted by molar-refractivity contribution is 4.89. The molecule has 0 spiro atoms. The van der Waals surface area contributed by atoms with Gasteiger partial charge in [0.25, 0.3) is 0 Å². The lowest BCUT2D eigenvalue weighted by molar-refractivity contribution is -0.312. The van der Waals surface area contributed by atoms with Gasteiger partial charge < -0.3 is 50.0 Å². The fourth-order valence-corrected chi connectivity index (χ4v) is 2.18. The van der Waals surface area contributed by atoms with Crippen LogP contribution in [0.2, 0.25) is 0 Å². The van der Waals surface area contributed by atoms with Crippen LogP contribution in [0.1, 0.15) is 0 Å². The normalized spacial score (nSPS) is 51.9. The number of aliphatic hydroxyl groups excluding tert-OH is 7.